The Morgan fingerprint density at radius 3 is 2.52 bits per heavy atom. The molecule has 27 heavy (non-hydrogen) atoms. The van der Waals surface area contributed by atoms with Crippen LogP contribution in [0.1, 0.15) is 12.5 Å². The minimum Gasteiger partial charge on any atom is -0.482 e. The average Bonchev–Trinajstić information content (AvgIpc) is 2.59. The predicted octanol–water partition coefficient (Wildman–Crippen LogP) is 4.31. The summed E-state index contributed by atoms with van der Waals surface area (Å²) in [5, 5.41) is 2.52. The van der Waals surface area contributed by atoms with Crippen molar-refractivity contribution in [1.29, 1.82) is 0 Å². The van der Waals surface area contributed by atoms with E-state index >= 15 is 0 Å². The summed E-state index contributed by atoms with van der Waals surface area (Å²) in [7, 11) is 0. The van der Waals surface area contributed by atoms with Gasteiger partial charge in [0, 0.05) is 5.02 Å². The van der Waals surface area contributed by atoms with Crippen LogP contribution in [0.3, 0.4) is 0 Å². The van der Waals surface area contributed by atoms with Gasteiger partial charge in [-0.2, -0.15) is 13.2 Å². The summed E-state index contributed by atoms with van der Waals surface area (Å²) >= 11 is 5.78. The number of alkyl halides is 3. The molecule has 2 rings (SSSR count). The summed E-state index contributed by atoms with van der Waals surface area (Å²) in [6, 6.07) is 10.8. The number of esters is 1. The minimum absolute atomic E-state index is 0.329. The molecule has 0 aliphatic heterocycles. The molecule has 1 amide bonds. The van der Waals surface area contributed by atoms with E-state index in [9.17, 15) is 22.8 Å². The second kappa shape index (κ2) is 8.77. The van der Waals surface area contributed by atoms with Crippen molar-refractivity contribution >= 4 is 29.2 Å². The third-order valence-electron chi connectivity index (χ3n) is 3.32. The van der Waals surface area contributed by atoms with Gasteiger partial charge in [-0.25, -0.2) is 4.79 Å². The number of nitrogens with one attached hydrogen (secondary N) is 1. The third kappa shape index (κ3) is 6.18. The first-order valence-electron chi connectivity index (χ1n) is 7.72. The number of rotatable bonds is 6. The fourth-order valence-corrected chi connectivity index (χ4v) is 2.24. The first kappa shape index (κ1) is 20.6. The number of halogens is 4. The Labute approximate surface area is 158 Å². The molecule has 1 N–H and O–H groups in total. The molecule has 0 radical (unpaired) electrons. The van der Waals surface area contributed by atoms with Crippen LogP contribution in [-0.4, -0.2) is 24.6 Å². The highest BCUT2D eigenvalue weighted by molar-refractivity contribution is 6.30. The number of anilines is 1. The molecular formula is C18H15ClF3NO4. The third-order valence-corrected chi connectivity index (χ3v) is 3.56. The smallest absolute Gasteiger partial charge is 0.418 e. The zero-order valence-electron chi connectivity index (χ0n) is 14.0. The molecule has 0 aliphatic carbocycles. The predicted molar refractivity (Wildman–Crippen MR) is 92.6 cm³/mol. The number of carbonyl (C=O) groups excluding carboxylic acids is 2. The van der Waals surface area contributed by atoms with Crippen molar-refractivity contribution in [3.63, 3.8) is 0 Å². The van der Waals surface area contributed by atoms with Gasteiger partial charge in [0.25, 0.3) is 5.91 Å². The highest BCUT2D eigenvalue weighted by atomic mass is 35.5. The summed E-state index contributed by atoms with van der Waals surface area (Å²) < 4.78 is 48.9. The highest BCUT2D eigenvalue weighted by Crippen LogP contribution is 2.34. The van der Waals surface area contributed by atoms with Gasteiger partial charge in [-0.05, 0) is 37.3 Å². The van der Waals surface area contributed by atoms with E-state index in [1.54, 1.807) is 18.2 Å². The van der Waals surface area contributed by atoms with Gasteiger partial charge >= 0.3 is 12.1 Å². The molecule has 0 bridgehead atoms. The summed E-state index contributed by atoms with van der Waals surface area (Å²) in [5.41, 5.74) is -1.42. The van der Waals surface area contributed by atoms with E-state index < -0.39 is 42.0 Å². The molecule has 0 spiro atoms. The van der Waals surface area contributed by atoms with Gasteiger partial charge in [-0.3, -0.25) is 4.79 Å². The van der Waals surface area contributed by atoms with Crippen molar-refractivity contribution in [2.24, 2.45) is 0 Å². The van der Waals surface area contributed by atoms with Crippen LogP contribution in [-0.2, 0) is 20.5 Å². The molecule has 0 saturated heterocycles. The summed E-state index contributed by atoms with van der Waals surface area (Å²) in [6.45, 7) is 0.750. The summed E-state index contributed by atoms with van der Waals surface area (Å²) in [6.07, 6.45) is -5.95. The SMILES string of the molecule is C[C@H](OC(=O)COc1cccc(Cl)c1)C(=O)Nc1ccccc1C(F)(F)F. The zero-order valence-corrected chi connectivity index (χ0v) is 14.8. The highest BCUT2D eigenvalue weighted by Gasteiger charge is 2.34. The van der Waals surface area contributed by atoms with Gasteiger partial charge < -0.3 is 14.8 Å². The van der Waals surface area contributed by atoms with Crippen LogP contribution in [0.2, 0.25) is 5.02 Å². The van der Waals surface area contributed by atoms with Crippen molar-refractivity contribution in [2.45, 2.75) is 19.2 Å². The second-order valence-electron chi connectivity index (χ2n) is 5.41. The lowest BCUT2D eigenvalue weighted by Crippen LogP contribution is -2.32. The molecular weight excluding hydrogens is 387 g/mol. The Hall–Kier alpha value is -2.74. The van der Waals surface area contributed by atoms with E-state index in [0.29, 0.717) is 10.8 Å². The van der Waals surface area contributed by atoms with Crippen molar-refractivity contribution < 1.29 is 32.2 Å². The lowest BCUT2D eigenvalue weighted by molar-refractivity contribution is -0.155. The summed E-state index contributed by atoms with van der Waals surface area (Å²) in [5.74, 6) is -1.43. The van der Waals surface area contributed by atoms with Crippen molar-refractivity contribution in [2.75, 3.05) is 11.9 Å². The monoisotopic (exact) mass is 401 g/mol. The molecule has 0 aromatic heterocycles. The van der Waals surface area contributed by atoms with E-state index in [1.165, 1.54) is 25.1 Å². The maximum atomic E-state index is 12.9. The number of ether oxygens (including phenoxy) is 2. The van der Waals surface area contributed by atoms with Crippen molar-refractivity contribution in [3.8, 4) is 5.75 Å². The van der Waals surface area contributed by atoms with Gasteiger partial charge in [0.05, 0.1) is 11.3 Å². The topological polar surface area (TPSA) is 64.6 Å². The number of amides is 1. The number of para-hydroxylation sites is 1. The first-order chi connectivity index (χ1) is 12.7. The molecule has 0 heterocycles. The molecule has 1 atom stereocenters. The van der Waals surface area contributed by atoms with E-state index in [2.05, 4.69) is 5.32 Å². The van der Waals surface area contributed by atoms with Crippen molar-refractivity contribution in [1.82, 2.24) is 0 Å². The van der Waals surface area contributed by atoms with Crippen LogP contribution in [0.15, 0.2) is 48.5 Å². The lowest BCUT2D eigenvalue weighted by atomic mass is 10.1. The van der Waals surface area contributed by atoms with Gasteiger partial charge in [-0.1, -0.05) is 29.8 Å². The molecule has 0 fully saturated rings. The molecule has 0 saturated carbocycles. The summed E-state index contributed by atoms with van der Waals surface area (Å²) in [4.78, 5) is 23.8. The van der Waals surface area contributed by atoms with Gasteiger partial charge in [-0.15, -0.1) is 0 Å². The largest absolute Gasteiger partial charge is 0.482 e. The van der Waals surface area contributed by atoms with Gasteiger partial charge in [0.1, 0.15) is 5.75 Å². The number of hydrogen-bond acceptors (Lipinski definition) is 4. The Balaban J connectivity index is 1.91. The van der Waals surface area contributed by atoms with E-state index in [4.69, 9.17) is 21.1 Å². The number of benzene rings is 2. The molecule has 144 valence electrons. The van der Waals surface area contributed by atoms with Crippen LogP contribution in [0.5, 0.6) is 5.75 Å². The Morgan fingerprint density at radius 1 is 1.15 bits per heavy atom. The normalized spacial score (nSPS) is 12.2. The molecule has 9 heteroatoms. The standard InChI is InChI=1S/C18H15ClF3NO4/c1-11(27-16(24)10-26-13-6-4-5-12(19)9-13)17(25)23-15-8-3-2-7-14(15)18(20,21)22/h2-9,11H,10H2,1H3,(H,23,25)/t11-/m0/s1. The Bertz CT molecular complexity index is 826. The van der Waals surface area contributed by atoms with Crippen LogP contribution in [0.25, 0.3) is 0 Å². The fourth-order valence-electron chi connectivity index (χ4n) is 2.06. The fraction of sp³-hybridized carbons (Fsp3) is 0.222. The lowest BCUT2D eigenvalue weighted by Gasteiger charge is -2.17. The van der Waals surface area contributed by atoms with Crippen LogP contribution in [0.4, 0.5) is 18.9 Å². The molecule has 2 aromatic rings. The van der Waals surface area contributed by atoms with E-state index in [0.717, 1.165) is 12.1 Å². The van der Waals surface area contributed by atoms with E-state index in [-0.39, 0.29) is 0 Å². The first-order valence-corrected chi connectivity index (χ1v) is 8.09. The van der Waals surface area contributed by atoms with Gasteiger partial charge in [0.2, 0.25) is 0 Å². The second-order valence-corrected chi connectivity index (χ2v) is 5.85. The zero-order chi connectivity index (χ0) is 20.0. The Morgan fingerprint density at radius 2 is 1.85 bits per heavy atom. The molecule has 5 nitrogen and oxygen atoms in total. The molecule has 2 aromatic carbocycles. The number of carbonyl (C=O) groups is 2. The maximum Gasteiger partial charge on any atom is 0.418 e. The average molecular weight is 402 g/mol. The van der Waals surface area contributed by atoms with Crippen LogP contribution >= 0.6 is 11.6 Å². The quantitative estimate of drug-likeness (QED) is 0.733. The molecule has 0 unspecified atom stereocenters. The number of hydrogen-bond donors (Lipinski definition) is 1. The maximum absolute atomic E-state index is 12.9. The van der Waals surface area contributed by atoms with Crippen LogP contribution < -0.4 is 10.1 Å². The minimum atomic E-state index is -4.63. The Kier molecular flexibility index (Phi) is 6.68. The van der Waals surface area contributed by atoms with Gasteiger partial charge in [0.15, 0.2) is 12.7 Å². The molecule has 0 aliphatic rings. The van der Waals surface area contributed by atoms with Crippen molar-refractivity contribution in [3.05, 3.63) is 59.1 Å². The van der Waals surface area contributed by atoms with Crippen LogP contribution in [0, 0.1) is 0 Å². The van der Waals surface area contributed by atoms with E-state index in [1.807, 2.05) is 0 Å².